The lowest BCUT2D eigenvalue weighted by Gasteiger charge is -2.30. The van der Waals surface area contributed by atoms with Gasteiger partial charge in [0.2, 0.25) is 0 Å². The van der Waals surface area contributed by atoms with Crippen LogP contribution in [-0.2, 0) is 13.8 Å². The van der Waals surface area contributed by atoms with E-state index in [9.17, 15) is 13.2 Å². The molecule has 22 heavy (non-hydrogen) atoms. The Labute approximate surface area is 136 Å². The lowest BCUT2D eigenvalue weighted by Crippen LogP contribution is -2.28. The number of hydrogen-bond acceptors (Lipinski definition) is 5. The van der Waals surface area contributed by atoms with Gasteiger partial charge in [0, 0.05) is 20.5 Å². The molecule has 2 aromatic carbocycles. The normalized spacial score (nSPS) is 13.3. The molecule has 0 N–H and O–H groups in total. The SMILES string of the molecule is COC(=O)N1c2ccccc2Sc2ccc(S(=O)(=O)Cl)cc21. The first-order valence-corrected chi connectivity index (χ1v) is 9.28. The molecule has 0 saturated heterocycles. The van der Waals surface area contributed by atoms with Crippen molar-refractivity contribution in [2.24, 2.45) is 0 Å². The number of carbonyl (C=O) groups is 1. The Hall–Kier alpha value is -1.70. The molecule has 0 fully saturated rings. The summed E-state index contributed by atoms with van der Waals surface area (Å²) in [5, 5.41) is 0. The zero-order valence-corrected chi connectivity index (χ0v) is 13.7. The van der Waals surface area contributed by atoms with Crippen molar-refractivity contribution in [3.05, 3.63) is 42.5 Å². The van der Waals surface area contributed by atoms with E-state index in [0.29, 0.717) is 11.4 Å². The fourth-order valence-corrected chi connectivity index (χ4v) is 3.98. The van der Waals surface area contributed by atoms with Crippen LogP contribution < -0.4 is 4.90 Å². The van der Waals surface area contributed by atoms with Crippen molar-refractivity contribution in [2.45, 2.75) is 14.7 Å². The number of fused-ring (bicyclic) bond motifs is 2. The van der Waals surface area contributed by atoms with Crippen LogP contribution in [0.25, 0.3) is 0 Å². The van der Waals surface area contributed by atoms with Crippen molar-refractivity contribution < 1.29 is 17.9 Å². The molecule has 2 aromatic rings. The van der Waals surface area contributed by atoms with Crippen LogP contribution in [0.15, 0.2) is 57.2 Å². The highest BCUT2D eigenvalue weighted by molar-refractivity contribution is 8.13. The van der Waals surface area contributed by atoms with Gasteiger partial charge in [0.15, 0.2) is 0 Å². The van der Waals surface area contributed by atoms with Gasteiger partial charge >= 0.3 is 6.09 Å². The third-order valence-electron chi connectivity index (χ3n) is 3.14. The molecular weight excluding hydrogens is 346 g/mol. The van der Waals surface area contributed by atoms with E-state index in [1.807, 2.05) is 12.1 Å². The van der Waals surface area contributed by atoms with Crippen molar-refractivity contribution >= 4 is 49.0 Å². The lowest BCUT2D eigenvalue weighted by molar-refractivity contribution is 0.181. The topological polar surface area (TPSA) is 63.7 Å². The number of ether oxygens (including phenoxy) is 1. The number of hydrogen-bond donors (Lipinski definition) is 0. The fourth-order valence-electron chi connectivity index (χ4n) is 2.17. The van der Waals surface area contributed by atoms with Crippen molar-refractivity contribution in [1.29, 1.82) is 0 Å². The zero-order chi connectivity index (χ0) is 15.9. The largest absolute Gasteiger partial charge is 0.452 e. The molecule has 5 nitrogen and oxygen atoms in total. The van der Waals surface area contributed by atoms with Crippen molar-refractivity contribution in [2.75, 3.05) is 12.0 Å². The molecule has 3 rings (SSSR count). The molecule has 0 aliphatic carbocycles. The summed E-state index contributed by atoms with van der Waals surface area (Å²) in [5.41, 5.74) is 1.06. The predicted molar refractivity (Wildman–Crippen MR) is 84.6 cm³/mol. The van der Waals surface area contributed by atoms with E-state index in [4.69, 9.17) is 15.4 Å². The van der Waals surface area contributed by atoms with Gasteiger partial charge in [-0.15, -0.1) is 0 Å². The Bertz CT molecular complexity index is 867. The summed E-state index contributed by atoms with van der Waals surface area (Å²) in [7, 11) is 2.78. The van der Waals surface area contributed by atoms with Gasteiger partial charge in [-0.25, -0.2) is 18.1 Å². The second-order valence-corrected chi connectivity index (χ2v) is 8.09. The lowest BCUT2D eigenvalue weighted by atomic mass is 10.2. The number of methoxy groups -OCH3 is 1. The van der Waals surface area contributed by atoms with Gasteiger partial charge in [-0.3, -0.25) is 0 Å². The minimum atomic E-state index is -3.89. The van der Waals surface area contributed by atoms with E-state index in [1.54, 1.807) is 18.2 Å². The number of anilines is 2. The molecule has 0 spiro atoms. The van der Waals surface area contributed by atoms with E-state index >= 15 is 0 Å². The summed E-state index contributed by atoms with van der Waals surface area (Å²) < 4.78 is 27.9. The first kappa shape index (κ1) is 15.2. The maximum atomic E-state index is 12.2. The van der Waals surface area contributed by atoms with Gasteiger partial charge in [-0.1, -0.05) is 23.9 Å². The van der Waals surface area contributed by atoms with E-state index in [1.165, 1.54) is 35.9 Å². The third-order valence-corrected chi connectivity index (χ3v) is 5.62. The molecule has 114 valence electrons. The van der Waals surface area contributed by atoms with Crippen LogP contribution in [-0.4, -0.2) is 21.6 Å². The number of benzene rings is 2. The second kappa shape index (κ2) is 5.49. The first-order valence-electron chi connectivity index (χ1n) is 6.15. The quantitative estimate of drug-likeness (QED) is 0.724. The molecule has 0 atom stereocenters. The van der Waals surface area contributed by atoms with Gasteiger partial charge in [-0.2, -0.15) is 0 Å². The van der Waals surface area contributed by atoms with Gasteiger partial charge in [0.25, 0.3) is 9.05 Å². The maximum absolute atomic E-state index is 12.2. The van der Waals surface area contributed by atoms with Crippen molar-refractivity contribution in [3.63, 3.8) is 0 Å². The standard InChI is InChI=1S/C14H10ClNO4S2/c1-20-14(17)16-10-4-2-3-5-12(10)21-13-7-6-9(8-11(13)16)22(15,18)19/h2-8H,1H3. The number of nitrogens with zero attached hydrogens (tertiary/aromatic N) is 1. The van der Waals surface area contributed by atoms with Gasteiger partial charge in [-0.05, 0) is 30.3 Å². The van der Waals surface area contributed by atoms with Crippen LogP contribution in [0.3, 0.4) is 0 Å². The highest BCUT2D eigenvalue weighted by Crippen LogP contribution is 2.48. The average molecular weight is 356 g/mol. The Morgan fingerprint density at radius 2 is 1.82 bits per heavy atom. The molecule has 0 aromatic heterocycles. The van der Waals surface area contributed by atoms with Crippen LogP contribution in [0.2, 0.25) is 0 Å². The van der Waals surface area contributed by atoms with E-state index in [2.05, 4.69) is 0 Å². The predicted octanol–water partition coefficient (Wildman–Crippen LogP) is 3.98. The maximum Gasteiger partial charge on any atom is 0.418 e. The minimum Gasteiger partial charge on any atom is -0.452 e. The van der Waals surface area contributed by atoms with Gasteiger partial charge in [0.05, 0.1) is 23.4 Å². The van der Waals surface area contributed by atoms with Crippen molar-refractivity contribution in [3.8, 4) is 0 Å². The Kier molecular flexibility index (Phi) is 3.80. The molecule has 0 radical (unpaired) electrons. The molecule has 1 aliphatic heterocycles. The minimum absolute atomic E-state index is 0.0678. The molecular formula is C14H10ClNO4S2. The second-order valence-electron chi connectivity index (χ2n) is 4.44. The zero-order valence-electron chi connectivity index (χ0n) is 11.3. The Balaban J connectivity index is 2.24. The van der Waals surface area contributed by atoms with Crippen molar-refractivity contribution in [1.82, 2.24) is 0 Å². The molecule has 8 heteroatoms. The van der Waals surface area contributed by atoms with Crippen LogP contribution in [0.1, 0.15) is 0 Å². The number of para-hydroxylation sites is 1. The number of amides is 1. The Morgan fingerprint density at radius 1 is 1.14 bits per heavy atom. The van der Waals surface area contributed by atoms with Gasteiger partial charge < -0.3 is 4.74 Å². The number of carbonyl (C=O) groups excluding carboxylic acids is 1. The average Bonchev–Trinajstić information content (AvgIpc) is 2.50. The van der Waals surface area contributed by atoms with Crippen LogP contribution in [0, 0.1) is 0 Å². The van der Waals surface area contributed by atoms with Gasteiger partial charge in [0.1, 0.15) is 0 Å². The third kappa shape index (κ3) is 2.55. The van der Waals surface area contributed by atoms with Crippen LogP contribution in [0.4, 0.5) is 16.2 Å². The highest BCUT2D eigenvalue weighted by Gasteiger charge is 2.30. The number of halogens is 1. The Morgan fingerprint density at radius 3 is 2.50 bits per heavy atom. The fraction of sp³-hybridized carbons (Fsp3) is 0.0714. The molecule has 0 saturated carbocycles. The molecule has 1 amide bonds. The van der Waals surface area contributed by atoms with E-state index in [0.717, 1.165) is 9.79 Å². The smallest absolute Gasteiger partial charge is 0.418 e. The summed E-state index contributed by atoms with van der Waals surface area (Å²) in [6.45, 7) is 0. The van der Waals surface area contributed by atoms with Crippen LogP contribution in [0.5, 0.6) is 0 Å². The first-order chi connectivity index (χ1) is 10.4. The summed E-state index contributed by atoms with van der Waals surface area (Å²) in [4.78, 5) is 15.1. The monoisotopic (exact) mass is 355 g/mol. The summed E-state index contributed by atoms with van der Waals surface area (Å²) >= 11 is 1.45. The number of rotatable bonds is 1. The molecule has 1 aliphatic rings. The summed E-state index contributed by atoms with van der Waals surface area (Å²) in [6, 6.07) is 11.7. The van der Waals surface area contributed by atoms with E-state index in [-0.39, 0.29) is 4.90 Å². The highest BCUT2D eigenvalue weighted by atomic mass is 35.7. The molecule has 1 heterocycles. The summed E-state index contributed by atoms with van der Waals surface area (Å²) in [5.74, 6) is 0. The van der Waals surface area contributed by atoms with Crippen LogP contribution >= 0.6 is 22.4 Å². The summed E-state index contributed by atoms with van der Waals surface area (Å²) in [6.07, 6.45) is -0.599. The molecule has 0 bridgehead atoms. The van der Waals surface area contributed by atoms with E-state index < -0.39 is 15.1 Å². The molecule has 0 unspecified atom stereocenters.